The van der Waals surface area contributed by atoms with Gasteiger partial charge in [0, 0.05) is 12.8 Å². The zero-order valence-corrected chi connectivity index (χ0v) is 36.7. The lowest BCUT2D eigenvalue weighted by atomic mass is 10.0. The summed E-state index contributed by atoms with van der Waals surface area (Å²) in [6, 6.07) is 0. The number of aliphatic hydroxyl groups excluding tert-OH is 3. The lowest BCUT2D eigenvalue weighted by Crippen LogP contribution is -2.29. The second-order valence-corrected chi connectivity index (χ2v) is 16.0. The molecule has 4 atom stereocenters. The minimum atomic E-state index is -4.67. The lowest BCUT2D eigenvalue weighted by molar-refractivity contribution is -0.161. The molecule has 0 heterocycles. The highest BCUT2D eigenvalue weighted by molar-refractivity contribution is 7.47. The van der Waals surface area contributed by atoms with Crippen molar-refractivity contribution in [1.29, 1.82) is 0 Å². The van der Waals surface area contributed by atoms with Crippen molar-refractivity contribution in [3.05, 3.63) is 72.9 Å². The minimum Gasteiger partial charge on any atom is -0.462 e. The molecule has 0 bridgehead atoms. The van der Waals surface area contributed by atoms with E-state index in [4.69, 9.17) is 19.1 Å². The van der Waals surface area contributed by atoms with Crippen LogP contribution in [0.15, 0.2) is 72.9 Å². The predicted molar refractivity (Wildman–Crippen MR) is 234 cm³/mol. The monoisotopic (exact) mass is 839 g/mol. The number of hydrogen-bond acceptors (Lipinski definition) is 10. The predicted octanol–water partition coefficient (Wildman–Crippen LogP) is 10.6. The summed E-state index contributed by atoms with van der Waals surface area (Å²) in [5, 5.41) is 28.5. The lowest BCUT2D eigenvalue weighted by Gasteiger charge is -2.20. The van der Waals surface area contributed by atoms with Gasteiger partial charge in [0.15, 0.2) is 6.10 Å². The Labute approximate surface area is 351 Å². The number of aliphatic hydroxyl groups is 3. The zero-order valence-electron chi connectivity index (χ0n) is 35.8. The van der Waals surface area contributed by atoms with Crippen LogP contribution >= 0.6 is 7.82 Å². The first-order valence-electron chi connectivity index (χ1n) is 22.0. The summed E-state index contributed by atoms with van der Waals surface area (Å²) in [6.45, 7) is 2.06. The second-order valence-electron chi connectivity index (χ2n) is 14.5. The molecule has 0 aliphatic heterocycles. The van der Waals surface area contributed by atoms with E-state index in [1.165, 1.54) is 70.6 Å². The van der Waals surface area contributed by atoms with Crippen LogP contribution in [0.2, 0.25) is 0 Å². The number of allylic oxidation sites excluding steroid dienone is 10. The Kier molecular flexibility index (Phi) is 39.3. The zero-order chi connectivity index (χ0) is 42.8. The first kappa shape index (κ1) is 55.4. The largest absolute Gasteiger partial charge is 0.472 e. The van der Waals surface area contributed by atoms with Crippen molar-refractivity contribution < 1.29 is 52.9 Å². The summed E-state index contributed by atoms with van der Waals surface area (Å²) in [6.07, 6.45) is 43.3. The Balaban J connectivity index is 4.52. The molecule has 0 fully saturated rings. The van der Waals surface area contributed by atoms with Crippen LogP contribution in [0.5, 0.6) is 0 Å². The highest BCUT2D eigenvalue weighted by Gasteiger charge is 2.27. The van der Waals surface area contributed by atoms with Gasteiger partial charge in [-0.1, -0.05) is 177 Å². The summed E-state index contributed by atoms with van der Waals surface area (Å²) in [5.74, 6) is -1.11. The molecule has 0 rings (SSSR count). The molecule has 0 radical (unpaired) electrons. The normalized spacial score (nSPS) is 15.1. The Morgan fingerprint density at radius 2 is 1.14 bits per heavy atom. The molecule has 0 saturated carbocycles. The maximum atomic E-state index is 12.6. The van der Waals surface area contributed by atoms with Crippen LogP contribution < -0.4 is 0 Å². The average molecular weight is 839 g/mol. The Morgan fingerprint density at radius 3 is 1.71 bits per heavy atom. The summed E-state index contributed by atoms with van der Waals surface area (Å²) in [4.78, 5) is 35.0. The number of phosphoric ester groups is 1. The Hall–Kier alpha value is -2.63. The SMILES string of the molecule is CC/C=C\C/C=C\C/C=C\C/C=C\C=C/C(O)C/C=C\CCC(=O)O[C@H](COC(=O)CCCCCCCCCCCCCCCCC)COP(=O)(O)OC[C@@H](O)CO. The van der Waals surface area contributed by atoms with Crippen molar-refractivity contribution in [1.82, 2.24) is 0 Å². The number of esters is 2. The van der Waals surface area contributed by atoms with Gasteiger partial charge >= 0.3 is 19.8 Å². The second kappa shape index (κ2) is 41.1. The molecular formula is C46H79O11P. The molecule has 58 heavy (non-hydrogen) atoms. The molecule has 4 N–H and O–H groups in total. The standard InChI is InChI=1S/C46H79O11P/c1-3-5-7-9-11-13-15-17-18-20-22-24-26-28-32-36-45(50)54-40-44(41-56-58(52,53)55-39-43(49)38-47)57-46(51)37-33-29-31-35-42(48)34-30-27-25-23-21-19-16-14-12-10-8-6-4-2/h6,8,12,14,19,21,25,27,29-31,34,42-44,47-49H,3-5,7,9-11,13,15-18,20,22-24,26,28,32-33,35-41H2,1-2H3,(H,52,53)/b8-6-,14-12-,21-19-,27-25-,31-29-,34-30-/t42?,43-,44+/m0/s1. The van der Waals surface area contributed by atoms with E-state index in [1.807, 2.05) is 12.2 Å². The van der Waals surface area contributed by atoms with Crippen LogP contribution in [0.1, 0.15) is 162 Å². The minimum absolute atomic E-state index is 0.0239. The highest BCUT2D eigenvalue weighted by Crippen LogP contribution is 2.43. The van der Waals surface area contributed by atoms with Gasteiger partial charge in [0.05, 0.1) is 25.9 Å². The molecule has 0 spiro atoms. The van der Waals surface area contributed by atoms with E-state index in [-0.39, 0.29) is 19.4 Å². The summed E-state index contributed by atoms with van der Waals surface area (Å²) < 4.78 is 32.6. The van der Waals surface area contributed by atoms with Crippen molar-refractivity contribution in [2.24, 2.45) is 0 Å². The van der Waals surface area contributed by atoms with E-state index in [0.717, 1.165) is 44.9 Å². The van der Waals surface area contributed by atoms with E-state index >= 15 is 0 Å². The van der Waals surface area contributed by atoms with Gasteiger partial charge < -0.3 is 29.7 Å². The van der Waals surface area contributed by atoms with Crippen LogP contribution in [-0.2, 0) is 32.7 Å². The number of phosphoric acid groups is 1. The third-order valence-corrected chi connectivity index (χ3v) is 9.92. The average Bonchev–Trinajstić information content (AvgIpc) is 3.21. The first-order valence-corrected chi connectivity index (χ1v) is 23.5. The molecule has 0 aromatic carbocycles. The van der Waals surface area contributed by atoms with Crippen LogP contribution in [0, 0.1) is 0 Å². The van der Waals surface area contributed by atoms with Crippen molar-refractivity contribution in [2.75, 3.05) is 26.4 Å². The quantitative estimate of drug-likeness (QED) is 0.0152. The summed E-state index contributed by atoms with van der Waals surface area (Å²) >= 11 is 0. The Bertz CT molecular complexity index is 1210. The van der Waals surface area contributed by atoms with Crippen LogP contribution in [0.4, 0.5) is 0 Å². The van der Waals surface area contributed by atoms with E-state index in [9.17, 15) is 29.3 Å². The third kappa shape index (κ3) is 40.2. The number of unbranched alkanes of at least 4 members (excludes halogenated alkanes) is 14. The van der Waals surface area contributed by atoms with E-state index in [2.05, 4.69) is 54.8 Å². The topological polar surface area (TPSA) is 169 Å². The number of carbonyl (C=O) groups is 2. The highest BCUT2D eigenvalue weighted by atomic mass is 31.2. The van der Waals surface area contributed by atoms with E-state index < -0.39 is 57.9 Å². The van der Waals surface area contributed by atoms with Crippen molar-refractivity contribution >= 4 is 19.8 Å². The number of hydrogen-bond donors (Lipinski definition) is 4. The van der Waals surface area contributed by atoms with Gasteiger partial charge in [-0.15, -0.1) is 0 Å². The Morgan fingerprint density at radius 1 is 0.603 bits per heavy atom. The van der Waals surface area contributed by atoms with Crippen molar-refractivity contribution in [2.45, 2.75) is 180 Å². The fourth-order valence-electron chi connectivity index (χ4n) is 5.57. The van der Waals surface area contributed by atoms with Gasteiger partial charge in [0.25, 0.3) is 0 Å². The molecule has 0 saturated heterocycles. The first-order chi connectivity index (χ1) is 28.1. The molecule has 11 nitrogen and oxygen atoms in total. The van der Waals surface area contributed by atoms with Crippen molar-refractivity contribution in [3.8, 4) is 0 Å². The summed E-state index contributed by atoms with van der Waals surface area (Å²) in [7, 11) is -4.67. The van der Waals surface area contributed by atoms with Crippen LogP contribution in [0.25, 0.3) is 0 Å². The van der Waals surface area contributed by atoms with Gasteiger partial charge in [-0.3, -0.25) is 18.6 Å². The fraction of sp³-hybridized carbons (Fsp3) is 0.696. The number of ether oxygens (including phenoxy) is 2. The molecule has 0 aliphatic rings. The van der Waals surface area contributed by atoms with Gasteiger partial charge in [-0.2, -0.15) is 0 Å². The maximum absolute atomic E-state index is 12.6. The molecule has 12 heteroatoms. The van der Waals surface area contributed by atoms with Crippen LogP contribution in [0.3, 0.4) is 0 Å². The molecule has 0 aromatic rings. The smallest absolute Gasteiger partial charge is 0.462 e. The van der Waals surface area contributed by atoms with Crippen LogP contribution in [-0.4, -0.2) is 76.9 Å². The number of rotatable bonds is 40. The molecule has 334 valence electrons. The maximum Gasteiger partial charge on any atom is 0.472 e. The molecular weight excluding hydrogens is 759 g/mol. The fourth-order valence-corrected chi connectivity index (χ4v) is 6.36. The van der Waals surface area contributed by atoms with Gasteiger partial charge in [-0.05, 0) is 44.9 Å². The van der Waals surface area contributed by atoms with E-state index in [1.54, 1.807) is 24.3 Å². The number of carbonyl (C=O) groups excluding carboxylic acids is 2. The van der Waals surface area contributed by atoms with Gasteiger partial charge in [-0.25, -0.2) is 4.57 Å². The summed E-state index contributed by atoms with van der Waals surface area (Å²) in [5.41, 5.74) is 0. The molecule has 0 amide bonds. The molecule has 0 aromatic heterocycles. The van der Waals surface area contributed by atoms with Gasteiger partial charge in [0.1, 0.15) is 12.7 Å². The van der Waals surface area contributed by atoms with Crippen molar-refractivity contribution in [3.63, 3.8) is 0 Å². The third-order valence-electron chi connectivity index (χ3n) is 8.97. The molecule has 2 unspecified atom stereocenters. The van der Waals surface area contributed by atoms with E-state index in [0.29, 0.717) is 19.3 Å². The molecule has 0 aliphatic carbocycles. The van der Waals surface area contributed by atoms with Gasteiger partial charge in [0.2, 0.25) is 0 Å².